The third kappa shape index (κ3) is 5.02. The molecule has 0 radical (unpaired) electrons. The van der Waals surface area contributed by atoms with Crippen molar-refractivity contribution in [1.82, 2.24) is 4.98 Å². The van der Waals surface area contributed by atoms with Gasteiger partial charge in [0.15, 0.2) is 0 Å². The smallest absolute Gasteiger partial charge is 0.255 e. The quantitative estimate of drug-likeness (QED) is 0.887. The first-order chi connectivity index (χ1) is 10.1. The van der Waals surface area contributed by atoms with Gasteiger partial charge in [-0.2, -0.15) is 0 Å². The number of rotatable bonds is 5. The van der Waals surface area contributed by atoms with Gasteiger partial charge in [0.05, 0.1) is 11.8 Å². The Labute approximate surface area is 136 Å². The molecule has 1 heterocycles. The molecule has 0 aliphatic rings. The number of hydrogen-bond acceptors (Lipinski definition) is 4. The third-order valence-corrected chi connectivity index (χ3v) is 2.77. The second-order valence-electron chi connectivity index (χ2n) is 4.89. The van der Waals surface area contributed by atoms with Crippen LogP contribution in [-0.4, -0.2) is 17.0 Å². The first-order valence-corrected chi connectivity index (χ1v) is 6.81. The number of halogens is 1. The van der Waals surface area contributed by atoms with E-state index in [9.17, 15) is 4.79 Å². The zero-order valence-corrected chi connectivity index (χ0v) is 13.4. The molecule has 2 aromatic rings. The standard InChI is InChI=1S/C16H19N3O2.ClH/c1-11(2)21-15-5-3-13(4-6-15)19-16(20)12-7-8-18-14(9-12)10-17;/h3-9,11H,10,17H2,1-2H3,(H,19,20);1H. The number of carbonyl (C=O) groups is 1. The Bertz CT molecular complexity index is 615. The van der Waals surface area contributed by atoms with Crippen LogP contribution in [0.4, 0.5) is 5.69 Å². The van der Waals surface area contributed by atoms with Gasteiger partial charge in [-0.3, -0.25) is 9.78 Å². The maximum atomic E-state index is 12.1. The van der Waals surface area contributed by atoms with Crippen LogP contribution in [-0.2, 0) is 6.54 Å². The lowest BCUT2D eigenvalue weighted by molar-refractivity contribution is 0.102. The third-order valence-electron chi connectivity index (χ3n) is 2.77. The van der Waals surface area contributed by atoms with Crippen LogP contribution >= 0.6 is 12.4 Å². The Hall–Kier alpha value is -2.11. The molecule has 22 heavy (non-hydrogen) atoms. The molecule has 0 spiro atoms. The molecule has 0 bridgehead atoms. The molecule has 1 amide bonds. The summed E-state index contributed by atoms with van der Waals surface area (Å²) in [5, 5.41) is 2.83. The first kappa shape index (κ1) is 17.9. The molecule has 5 nitrogen and oxygen atoms in total. The molecule has 0 aliphatic heterocycles. The van der Waals surface area contributed by atoms with Crippen molar-refractivity contribution in [1.29, 1.82) is 0 Å². The second-order valence-corrected chi connectivity index (χ2v) is 4.89. The normalized spacial score (nSPS) is 10.0. The molecule has 0 saturated heterocycles. The Balaban J connectivity index is 0.00000242. The van der Waals surface area contributed by atoms with Crippen LogP contribution in [0, 0.1) is 0 Å². The Morgan fingerprint density at radius 1 is 1.27 bits per heavy atom. The molecule has 0 fully saturated rings. The number of hydrogen-bond donors (Lipinski definition) is 2. The van der Waals surface area contributed by atoms with E-state index >= 15 is 0 Å². The number of amides is 1. The minimum absolute atomic E-state index is 0. The molecule has 0 aliphatic carbocycles. The van der Waals surface area contributed by atoms with Gasteiger partial charge < -0.3 is 15.8 Å². The van der Waals surface area contributed by atoms with Crippen LogP contribution in [0.2, 0.25) is 0 Å². The Morgan fingerprint density at radius 2 is 1.95 bits per heavy atom. The minimum atomic E-state index is -0.190. The van der Waals surface area contributed by atoms with E-state index in [0.717, 1.165) is 5.75 Å². The van der Waals surface area contributed by atoms with Gasteiger partial charge in [0.1, 0.15) is 5.75 Å². The molecule has 0 unspecified atom stereocenters. The van der Waals surface area contributed by atoms with Crippen LogP contribution in [0.5, 0.6) is 5.75 Å². The second kappa shape index (κ2) is 8.36. The van der Waals surface area contributed by atoms with E-state index in [1.807, 2.05) is 26.0 Å². The molecule has 2 rings (SSSR count). The summed E-state index contributed by atoms with van der Waals surface area (Å²) in [6.45, 7) is 4.24. The van der Waals surface area contributed by atoms with Crippen LogP contribution in [0.15, 0.2) is 42.6 Å². The van der Waals surface area contributed by atoms with Crippen molar-refractivity contribution in [3.63, 3.8) is 0 Å². The van der Waals surface area contributed by atoms with Gasteiger partial charge >= 0.3 is 0 Å². The van der Waals surface area contributed by atoms with Gasteiger partial charge in [-0.05, 0) is 50.2 Å². The number of pyridine rings is 1. The maximum Gasteiger partial charge on any atom is 0.255 e. The average molecular weight is 322 g/mol. The summed E-state index contributed by atoms with van der Waals surface area (Å²) in [7, 11) is 0. The lowest BCUT2D eigenvalue weighted by Gasteiger charge is -2.10. The lowest BCUT2D eigenvalue weighted by atomic mass is 10.2. The number of nitrogens with zero attached hydrogens (tertiary/aromatic N) is 1. The molecule has 6 heteroatoms. The van der Waals surface area contributed by atoms with E-state index < -0.39 is 0 Å². The van der Waals surface area contributed by atoms with Gasteiger partial charge in [-0.15, -0.1) is 12.4 Å². The van der Waals surface area contributed by atoms with E-state index in [2.05, 4.69) is 10.3 Å². The number of nitrogens with two attached hydrogens (primary N) is 1. The van der Waals surface area contributed by atoms with Crippen molar-refractivity contribution < 1.29 is 9.53 Å². The SMILES string of the molecule is CC(C)Oc1ccc(NC(=O)c2ccnc(CN)c2)cc1.Cl. The van der Waals surface area contributed by atoms with Gasteiger partial charge in [-0.25, -0.2) is 0 Å². The fourth-order valence-electron chi connectivity index (χ4n) is 1.82. The average Bonchev–Trinajstić information content (AvgIpc) is 2.49. The molecule has 0 saturated carbocycles. The molecular weight excluding hydrogens is 302 g/mol. The van der Waals surface area contributed by atoms with E-state index in [1.54, 1.807) is 30.5 Å². The summed E-state index contributed by atoms with van der Waals surface area (Å²) >= 11 is 0. The maximum absolute atomic E-state index is 12.1. The largest absolute Gasteiger partial charge is 0.491 e. The monoisotopic (exact) mass is 321 g/mol. The minimum Gasteiger partial charge on any atom is -0.491 e. The zero-order chi connectivity index (χ0) is 15.2. The fraction of sp³-hybridized carbons (Fsp3) is 0.250. The van der Waals surface area contributed by atoms with Crippen LogP contribution in [0.1, 0.15) is 29.9 Å². The highest BCUT2D eigenvalue weighted by molar-refractivity contribution is 6.04. The van der Waals surface area contributed by atoms with Crippen LogP contribution in [0.25, 0.3) is 0 Å². The van der Waals surface area contributed by atoms with Crippen molar-refractivity contribution in [2.45, 2.75) is 26.5 Å². The highest BCUT2D eigenvalue weighted by atomic mass is 35.5. The molecule has 1 aromatic heterocycles. The zero-order valence-electron chi connectivity index (χ0n) is 12.6. The van der Waals surface area contributed by atoms with Crippen molar-refractivity contribution >= 4 is 24.0 Å². The predicted molar refractivity (Wildman–Crippen MR) is 89.5 cm³/mol. The van der Waals surface area contributed by atoms with Gasteiger partial charge in [-0.1, -0.05) is 0 Å². The summed E-state index contributed by atoms with van der Waals surface area (Å²) in [4.78, 5) is 16.2. The number of anilines is 1. The van der Waals surface area contributed by atoms with Crippen molar-refractivity contribution in [2.75, 3.05) is 5.32 Å². The highest BCUT2D eigenvalue weighted by Crippen LogP contribution is 2.17. The number of ether oxygens (including phenoxy) is 1. The van der Waals surface area contributed by atoms with Crippen LogP contribution < -0.4 is 15.8 Å². The van der Waals surface area contributed by atoms with E-state index in [1.165, 1.54) is 0 Å². The van der Waals surface area contributed by atoms with E-state index in [4.69, 9.17) is 10.5 Å². The molecule has 118 valence electrons. The summed E-state index contributed by atoms with van der Waals surface area (Å²) in [5.41, 5.74) is 7.45. The molecule has 1 aromatic carbocycles. The number of carbonyl (C=O) groups excluding carboxylic acids is 1. The number of aromatic nitrogens is 1. The number of nitrogens with one attached hydrogen (secondary N) is 1. The Morgan fingerprint density at radius 3 is 2.55 bits per heavy atom. The van der Waals surface area contributed by atoms with Gasteiger partial charge in [0.25, 0.3) is 5.91 Å². The van der Waals surface area contributed by atoms with Crippen molar-refractivity contribution in [3.05, 3.63) is 53.9 Å². The molecular formula is C16H20ClN3O2. The first-order valence-electron chi connectivity index (χ1n) is 6.81. The summed E-state index contributed by atoms with van der Waals surface area (Å²) in [6.07, 6.45) is 1.70. The summed E-state index contributed by atoms with van der Waals surface area (Å²) in [5.74, 6) is 0.585. The molecule has 3 N–H and O–H groups in total. The van der Waals surface area contributed by atoms with Gasteiger partial charge in [0.2, 0.25) is 0 Å². The summed E-state index contributed by atoms with van der Waals surface area (Å²) in [6, 6.07) is 10.6. The van der Waals surface area contributed by atoms with Crippen molar-refractivity contribution in [2.24, 2.45) is 5.73 Å². The lowest BCUT2D eigenvalue weighted by Crippen LogP contribution is -2.13. The van der Waals surface area contributed by atoms with Gasteiger partial charge in [0, 0.05) is 24.0 Å². The van der Waals surface area contributed by atoms with E-state index in [-0.39, 0.29) is 24.4 Å². The van der Waals surface area contributed by atoms with E-state index in [0.29, 0.717) is 23.5 Å². The highest BCUT2D eigenvalue weighted by Gasteiger charge is 2.07. The Kier molecular flexibility index (Phi) is 6.82. The van der Waals surface area contributed by atoms with Crippen LogP contribution in [0.3, 0.4) is 0 Å². The molecule has 0 atom stereocenters. The summed E-state index contributed by atoms with van der Waals surface area (Å²) < 4.78 is 5.55. The fourth-order valence-corrected chi connectivity index (χ4v) is 1.82. The van der Waals surface area contributed by atoms with Crippen molar-refractivity contribution in [3.8, 4) is 5.75 Å². The topological polar surface area (TPSA) is 77.2 Å². The predicted octanol–water partition coefficient (Wildman–Crippen LogP) is 3.00. The number of benzene rings is 1.